The van der Waals surface area contributed by atoms with Gasteiger partial charge < -0.3 is 16.2 Å². The Morgan fingerprint density at radius 2 is 1.80 bits per heavy atom. The maximum absolute atomic E-state index is 10.5. The van der Waals surface area contributed by atoms with E-state index in [1.54, 1.807) is 0 Å². The number of hydrogen-bond acceptors (Lipinski definition) is 3. The van der Waals surface area contributed by atoms with Crippen LogP contribution >= 0.6 is 0 Å². The topological polar surface area (TPSA) is 75.3 Å². The second kappa shape index (κ2) is 4.94. The summed E-state index contributed by atoms with van der Waals surface area (Å²) in [6.45, 7) is 10.9. The molecule has 0 spiro atoms. The van der Waals surface area contributed by atoms with E-state index in [9.17, 15) is 4.79 Å². The summed E-state index contributed by atoms with van der Waals surface area (Å²) in [6.07, 6.45) is 0.965. The highest BCUT2D eigenvalue weighted by molar-refractivity contribution is 5.73. The average Bonchev–Trinajstić information content (AvgIpc) is 1.95. The van der Waals surface area contributed by atoms with Crippen LogP contribution in [0.4, 0.5) is 0 Å². The lowest BCUT2D eigenvalue weighted by atomic mass is 9.82. The Bertz CT molecular complexity index is 219. The van der Waals surface area contributed by atoms with E-state index < -0.39 is 12.0 Å². The highest BCUT2D eigenvalue weighted by Gasteiger charge is 2.26. The van der Waals surface area contributed by atoms with E-state index in [0.29, 0.717) is 6.54 Å². The number of carboxylic acid groups (broad SMARTS) is 1. The van der Waals surface area contributed by atoms with E-state index >= 15 is 0 Å². The smallest absolute Gasteiger partial charge is 0.321 e. The number of nitrogens with one attached hydrogen (secondary N) is 1. The molecule has 0 amide bonds. The van der Waals surface area contributed by atoms with Gasteiger partial charge in [-0.25, -0.2) is 0 Å². The van der Waals surface area contributed by atoms with Crippen molar-refractivity contribution in [3.63, 3.8) is 0 Å². The molecule has 90 valence electrons. The van der Waals surface area contributed by atoms with Gasteiger partial charge in [-0.3, -0.25) is 4.79 Å². The molecule has 0 aliphatic rings. The predicted octanol–water partition coefficient (Wildman–Crippen LogP) is 1.20. The summed E-state index contributed by atoms with van der Waals surface area (Å²) in [5.74, 6) is -0.964. The first-order valence-electron chi connectivity index (χ1n) is 5.27. The molecule has 1 unspecified atom stereocenters. The van der Waals surface area contributed by atoms with Gasteiger partial charge in [0.1, 0.15) is 6.04 Å². The summed E-state index contributed by atoms with van der Waals surface area (Å²) in [5, 5.41) is 11.8. The first kappa shape index (κ1) is 14.4. The van der Waals surface area contributed by atoms with Crippen molar-refractivity contribution < 1.29 is 9.90 Å². The largest absolute Gasteiger partial charge is 0.480 e. The first-order chi connectivity index (χ1) is 6.53. The summed E-state index contributed by atoms with van der Waals surface area (Å²) in [5.41, 5.74) is 5.55. The third-order valence-electron chi connectivity index (χ3n) is 2.09. The Morgan fingerprint density at radius 1 is 1.33 bits per heavy atom. The van der Waals surface area contributed by atoms with Crippen molar-refractivity contribution in [2.45, 2.75) is 52.6 Å². The summed E-state index contributed by atoms with van der Waals surface area (Å²) in [7, 11) is 0. The number of rotatable bonds is 5. The number of carboxylic acids is 1. The second-order valence-corrected chi connectivity index (χ2v) is 5.95. The van der Waals surface area contributed by atoms with Crippen molar-refractivity contribution in [3.05, 3.63) is 0 Å². The molecular formula is C11H24N2O2. The first-order valence-corrected chi connectivity index (χ1v) is 5.27. The van der Waals surface area contributed by atoms with Crippen LogP contribution in [0.1, 0.15) is 41.0 Å². The third kappa shape index (κ3) is 7.33. The van der Waals surface area contributed by atoms with Gasteiger partial charge in [0.25, 0.3) is 0 Å². The number of carbonyl (C=O) groups is 1. The second-order valence-electron chi connectivity index (χ2n) is 5.95. The molecule has 4 heteroatoms. The molecular weight excluding hydrogens is 192 g/mol. The van der Waals surface area contributed by atoms with Crippen LogP contribution < -0.4 is 11.1 Å². The molecule has 0 rings (SSSR count). The van der Waals surface area contributed by atoms with Gasteiger partial charge in [-0.1, -0.05) is 20.8 Å². The highest BCUT2D eigenvalue weighted by Crippen LogP contribution is 2.26. The standard InChI is InChI=1S/C11H24N2O2/c1-10(2,3)7-11(4,5)13-6-8(12)9(14)15/h8,13H,6-7,12H2,1-5H3,(H,14,15). The fraction of sp³-hybridized carbons (Fsp3) is 0.909. The lowest BCUT2D eigenvalue weighted by molar-refractivity contribution is -0.138. The Morgan fingerprint density at radius 3 is 2.13 bits per heavy atom. The summed E-state index contributed by atoms with van der Waals surface area (Å²) >= 11 is 0. The molecule has 0 bridgehead atoms. The van der Waals surface area contributed by atoms with E-state index in [4.69, 9.17) is 10.8 Å². The number of aliphatic carboxylic acids is 1. The zero-order valence-corrected chi connectivity index (χ0v) is 10.4. The molecule has 0 aromatic rings. The molecule has 0 saturated heterocycles. The summed E-state index contributed by atoms with van der Waals surface area (Å²) in [6, 6.07) is -0.829. The van der Waals surface area contributed by atoms with Gasteiger partial charge in [-0.2, -0.15) is 0 Å². The van der Waals surface area contributed by atoms with Crippen LogP contribution in [-0.4, -0.2) is 29.2 Å². The fourth-order valence-electron chi connectivity index (χ4n) is 1.86. The molecule has 0 saturated carbocycles. The minimum absolute atomic E-state index is 0.0919. The van der Waals surface area contributed by atoms with Gasteiger partial charge in [0.15, 0.2) is 0 Å². The van der Waals surface area contributed by atoms with Crippen molar-refractivity contribution in [1.82, 2.24) is 5.32 Å². The predicted molar refractivity (Wildman–Crippen MR) is 61.8 cm³/mol. The maximum atomic E-state index is 10.5. The average molecular weight is 216 g/mol. The van der Waals surface area contributed by atoms with Gasteiger partial charge in [0.05, 0.1) is 0 Å². The van der Waals surface area contributed by atoms with Crippen LogP contribution in [-0.2, 0) is 4.79 Å². The SMILES string of the molecule is CC(C)(C)CC(C)(C)NCC(N)C(=O)O. The van der Waals surface area contributed by atoms with Crippen LogP contribution in [0.2, 0.25) is 0 Å². The molecule has 0 aliphatic heterocycles. The van der Waals surface area contributed by atoms with Crippen LogP contribution in [0.15, 0.2) is 0 Å². The fourth-order valence-corrected chi connectivity index (χ4v) is 1.86. The molecule has 0 aromatic heterocycles. The molecule has 15 heavy (non-hydrogen) atoms. The Balaban J connectivity index is 4.10. The lowest BCUT2D eigenvalue weighted by Crippen LogP contribution is -2.49. The van der Waals surface area contributed by atoms with Gasteiger partial charge in [0, 0.05) is 12.1 Å². The molecule has 4 nitrogen and oxygen atoms in total. The van der Waals surface area contributed by atoms with Crippen molar-refractivity contribution in [2.24, 2.45) is 11.1 Å². The molecule has 0 fully saturated rings. The van der Waals surface area contributed by atoms with E-state index in [-0.39, 0.29) is 11.0 Å². The Labute approximate surface area is 92.2 Å². The Kier molecular flexibility index (Phi) is 4.74. The maximum Gasteiger partial charge on any atom is 0.321 e. The van der Waals surface area contributed by atoms with Crippen LogP contribution in [0, 0.1) is 5.41 Å². The van der Waals surface area contributed by atoms with Crippen LogP contribution in [0.5, 0.6) is 0 Å². The van der Waals surface area contributed by atoms with Crippen LogP contribution in [0.25, 0.3) is 0 Å². The molecule has 0 radical (unpaired) electrons. The number of nitrogens with two attached hydrogens (primary N) is 1. The normalized spacial score (nSPS) is 15.1. The third-order valence-corrected chi connectivity index (χ3v) is 2.09. The highest BCUT2D eigenvalue weighted by atomic mass is 16.4. The van der Waals surface area contributed by atoms with E-state index in [2.05, 4.69) is 39.9 Å². The zero-order valence-electron chi connectivity index (χ0n) is 10.4. The van der Waals surface area contributed by atoms with Gasteiger partial charge in [-0.15, -0.1) is 0 Å². The molecule has 0 heterocycles. The number of hydrogen-bond donors (Lipinski definition) is 3. The Hall–Kier alpha value is -0.610. The molecule has 0 aliphatic carbocycles. The van der Waals surface area contributed by atoms with Crippen LogP contribution in [0.3, 0.4) is 0 Å². The van der Waals surface area contributed by atoms with E-state index in [1.165, 1.54) is 0 Å². The molecule has 4 N–H and O–H groups in total. The van der Waals surface area contributed by atoms with Crippen molar-refractivity contribution in [2.75, 3.05) is 6.54 Å². The minimum Gasteiger partial charge on any atom is -0.480 e. The minimum atomic E-state index is -0.964. The van der Waals surface area contributed by atoms with E-state index in [1.807, 2.05) is 0 Å². The van der Waals surface area contributed by atoms with Crippen molar-refractivity contribution in [1.29, 1.82) is 0 Å². The quantitative estimate of drug-likeness (QED) is 0.645. The lowest BCUT2D eigenvalue weighted by Gasteiger charge is -2.34. The molecule has 1 atom stereocenters. The zero-order chi connectivity index (χ0) is 12.3. The van der Waals surface area contributed by atoms with E-state index in [0.717, 1.165) is 6.42 Å². The van der Waals surface area contributed by atoms with Gasteiger partial charge >= 0.3 is 5.97 Å². The van der Waals surface area contributed by atoms with Gasteiger partial charge in [0.2, 0.25) is 0 Å². The van der Waals surface area contributed by atoms with Crippen molar-refractivity contribution in [3.8, 4) is 0 Å². The summed E-state index contributed by atoms with van der Waals surface area (Å²) < 4.78 is 0. The molecule has 0 aromatic carbocycles. The monoisotopic (exact) mass is 216 g/mol. The van der Waals surface area contributed by atoms with Crippen molar-refractivity contribution >= 4 is 5.97 Å². The summed E-state index contributed by atoms with van der Waals surface area (Å²) in [4.78, 5) is 10.5. The van der Waals surface area contributed by atoms with Gasteiger partial charge in [-0.05, 0) is 25.7 Å².